The lowest BCUT2D eigenvalue weighted by Crippen LogP contribution is -2.13. The summed E-state index contributed by atoms with van der Waals surface area (Å²) in [4.78, 5) is 10.8. The maximum Gasteiger partial charge on any atom is 0.263 e. The Morgan fingerprint density at radius 2 is 1.57 bits per heavy atom. The van der Waals surface area contributed by atoms with Gasteiger partial charge in [0, 0.05) is 17.8 Å². The topological polar surface area (TPSA) is 55.1 Å². The number of amides is 1. The van der Waals surface area contributed by atoms with E-state index in [1.54, 1.807) is 12.1 Å². The third-order valence-corrected chi connectivity index (χ3v) is 3.06. The number of hydrogen-bond acceptors (Lipinski definition) is 2. The molecule has 0 aliphatic heterocycles. The van der Waals surface area contributed by atoms with Crippen LogP contribution in [0.5, 0.6) is 0 Å². The number of halogens is 2. The van der Waals surface area contributed by atoms with Crippen LogP contribution < -0.4 is 11.1 Å². The van der Waals surface area contributed by atoms with E-state index < -0.39 is 6.43 Å². The van der Waals surface area contributed by atoms with Crippen LogP contribution in [0, 0.1) is 0 Å². The van der Waals surface area contributed by atoms with Gasteiger partial charge in [0.25, 0.3) is 6.43 Å². The summed E-state index contributed by atoms with van der Waals surface area (Å²) < 4.78 is 24.9. The van der Waals surface area contributed by atoms with Crippen molar-refractivity contribution >= 4 is 11.6 Å². The zero-order valence-corrected chi connectivity index (χ0v) is 11.4. The fraction of sp³-hybridized carbons (Fsp3) is 0.188. The van der Waals surface area contributed by atoms with E-state index in [1.165, 1.54) is 12.1 Å². The molecule has 0 saturated heterocycles. The number of nitrogens with two attached hydrogens (primary N) is 1. The van der Waals surface area contributed by atoms with Gasteiger partial charge in [-0.05, 0) is 23.3 Å². The molecule has 0 spiro atoms. The van der Waals surface area contributed by atoms with Gasteiger partial charge in [0.15, 0.2) is 0 Å². The largest absolute Gasteiger partial charge is 0.381 e. The van der Waals surface area contributed by atoms with Gasteiger partial charge in [-0.2, -0.15) is 0 Å². The van der Waals surface area contributed by atoms with Crippen LogP contribution in [-0.4, -0.2) is 5.91 Å². The van der Waals surface area contributed by atoms with Crippen molar-refractivity contribution in [3.05, 3.63) is 65.2 Å². The molecule has 0 aromatic heterocycles. The number of hydrogen-bond donors (Lipinski definition) is 2. The maximum absolute atomic E-state index is 12.4. The molecule has 0 heterocycles. The summed E-state index contributed by atoms with van der Waals surface area (Å²) >= 11 is 0. The number of primary amides is 1. The minimum Gasteiger partial charge on any atom is -0.381 e. The molecule has 3 nitrogen and oxygen atoms in total. The summed E-state index contributed by atoms with van der Waals surface area (Å²) in [5, 5.41) is 3.19. The van der Waals surface area contributed by atoms with Crippen LogP contribution in [0.2, 0.25) is 0 Å². The van der Waals surface area contributed by atoms with E-state index in [4.69, 9.17) is 5.73 Å². The highest BCUT2D eigenvalue weighted by Crippen LogP contribution is 2.19. The molecule has 0 fully saturated rings. The van der Waals surface area contributed by atoms with Gasteiger partial charge in [-0.3, -0.25) is 4.79 Å². The number of carbonyl (C=O) groups is 1. The Kier molecular flexibility index (Phi) is 4.87. The molecule has 2 aromatic carbocycles. The average molecular weight is 290 g/mol. The van der Waals surface area contributed by atoms with Gasteiger partial charge in [-0.15, -0.1) is 0 Å². The molecule has 0 saturated carbocycles. The standard InChI is InChI=1S/C16H16F2N2O/c17-16(18)13-5-1-12(2-6-13)10-20-14-7-3-11(4-8-14)9-15(19)21/h1-8,16,20H,9-10H2,(H2,19,21). The molecule has 0 atom stereocenters. The van der Waals surface area contributed by atoms with E-state index in [9.17, 15) is 13.6 Å². The lowest BCUT2D eigenvalue weighted by Gasteiger charge is -2.08. The highest BCUT2D eigenvalue weighted by Gasteiger charge is 2.05. The molecular weight excluding hydrogens is 274 g/mol. The van der Waals surface area contributed by atoms with Crippen LogP contribution >= 0.6 is 0 Å². The first kappa shape index (κ1) is 15.0. The molecule has 110 valence electrons. The predicted octanol–water partition coefficient (Wildman–Crippen LogP) is 3.26. The molecule has 2 aromatic rings. The van der Waals surface area contributed by atoms with Crippen LogP contribution in [0.4, 0.5) is 14.5 Å². The lowest BCUT2D eigenvalue weighted by atomic mass is 10.1. The molecule has 1 amide bonds. The van der Waals surface area contributed by atoms with Crippen molar-refractivity contribution in [2.45, 2.75) is 19.4 Å². The molecule has 0 radical (unpaired) electrons. The Labute approximate surface area is 121 Å². The summed E-state index contributed by atoms with van der Waals surface area (Å²) in [7, 11) is 0. The molecule has 3 N–H and O–H groups in total. The third kappa shape index (κ3) is 4.56. The average Bonchev–Trinajstić information content (AvgIpc) is 2.46. The zero-order valence-electron chi connectivity index (χ0n) is 11.4. The van der Waals surface area contributed by atoms with Crippen molar-refractivity contribution in [3.8, 4) is 0 Å². The minimum atomic E-state index is -2.44. The quantitative estimate of drug-likeness (QED) is 0.858. The number of benzene rings is 2. The molecule has 2 rings (SSSR count). The minimum absolute atomic E-state index is 0.0227. The summed E-state index contributed by atoms with van der Waals surface area (Å²) in [6, 6.07) is 13.6. The van der Waals surface area contributed by atoms with Crippen molar-refractivity contribution in [2.24, 2.45) is 5.73 Å². The van der Waals surface area contributed by atoms with Crippen molar-refractivity contribution in [1.82, 2.24) is 0 Å². The Bertz CT molecular complexity index is 595. The lowest BCUT2D eigenvalue weighted by molar-refractivity contribution is -0.117. The van der Waals surface area contributed by atoms with Crippen LogP contribution in [0.15, 0.2) is 48.5 Å². The second-order valence-corrected chi connectivity index (χ2v) is 4.74. The van der Waals surface area contributed by atoms with Gasteiger partial charge in [0.2, 0.25) is 5.91 Å². The summed E-state index contributed by atoms with van der Waals surface area (Å²) in [6.45, 7) is 0.540. The smallest absolute Gasteiger partial charge is 0.263 e. The van der Waals surface area contributed by atoms with Gasteiger partial charge in [0.05, 0.1) is 6.42 Å². The SMILES string of the molecule is NC(=O)Cc1ccc(NCc2ccc(C(F)F)cc2)cc1. The molecule has 21 heavy (non-hydrogen) atoms. The second-order valence-electron chi connectivity index (χ2n) is 4.74. The van der Waals surface area contributed by atoms with E-state index in [0.717, 1.165) is 16.8 Å². The Balaban J connectivity index is 1.91. The molecule has 0 bridgehead atoms. The van der Waals surface area contributed by atoms with E-state index in [1.807, 2.05) is 24.3 Å². The van der Waals surface area contributed by atoms with Crippen LogP contribution in [0.1, 0.15) is 23.1 Å². The van der Waals surface area contributed by atoms with E-state index >= 15 is 0 Å². The first-order valence-electron chi connectivity index (χ1n) is 6.52. The number of rotatable bonds is 6. The van der Waals surface area contributed by atoms with Crippen molar-refractivity contribution in [1.29, 1.82) is 0 Å². The van der Waals surface area contributed by atoms with Crippen LogP contribution in [0.3, 0.4) is 0 Å². The Hall–Kier alpha value is -2.43. The van der Waals surface area contributed by atoms with Gasteiger partial charge in [-0.1, -0.05) is 36.4 Å². The molecule has 5 heteroatoms. The van der Waals surface area contributed by atoms with Gasteiger partial charge in [0.1, 0.15) is 0 Å². The molecule has 0 aliphatic carbocycles. The second kappa shape index (κ2) is 6.83. The fourth-order valence-electron chi connectivity index (χ4n) is 1.93. The Morgan fingerprint density at radius 3 is 2.10 bits per heavy atom. The molecule has 0 aliphatic rings. The predicted molar refractivity (Wildman–Crippen MR) is 78.1 cm³/mol. The highest BCUT2D eigenvalue weighted by molar-refractivity contribution is 5.76. The first-order valence-corrected chi connectivity index (χ1v) is 6.52. The highest BCUT2D eigenvalue weighted by atomic mass is 19.3. The molecular formula is C16H16F2N2O. The zero-order chi connectivity index (χ0) is 15.2. The summed E-state index contributed by atoms with van der Waals surface area (Å²) in [5.74, 6) is -0.366. The van der Waals surface area contributed by atoms with Gasteiger partial charge in [-0.25, -0.2) is 8.78 Å². The number of nitrogens with one attached hydrogen (secondary N) is 1. The van der Waals surface area contributed by atoms with Gasteiger partial charge >= 0.3 is 0 Å². The van der Waals surface area contributed by atoms with Crippen LogP contribution in [-0.2, 0) is 17.8 Å². The normalized spacial score (nSPS) is 10.6. The number of anilines is 1. The third-order valence-electron chi connectivity index (χ3n) is 3.06. The summed E-state index contributed by atoms with van der Waals surface area (Å²) in [6.07, 6.45) is -2.22. The monoisotopic (exact) mass is 290 g/mol. The Morgan fingerprint density at radius 1 is 1.00 bits per heavy atom. The number of carbonyl (C=O) groups excluding carboxylic acids is 1. The van der Waals surface area contributed by atoms with E-state index in [-0.39, 0.29) is 17.9 Å². The number of alkyl halides is 2. The van der Waals surface area contributed by atoms with Gasteiger partial charge < -0.3 is 11.1 Å². The van der Waals surface area contributed by atoms with E-state index in [2.05, 4.69) is 5.32 Å². The van der Waals surface area contributed by atoms with Crippen molar-refractivity contribution in [2.75, 3.05) is 5.32 Å². The first-order chi connectivity index (χ1) is 10.0. The maximum atomic E-state index is 12.4. The molecule has 0 unspecified atom stereocenters. The van der Waals surface area contributed by atoms with Crippen LogP contribution in [0.25, 0.3) is 0 Å². The summed E-state index contributed by atoms with van der Waals surface area (Å²) in [5.41, 5.74) is 7.81. The van der Waals surface area contributed by atoms with Crippen molar-refractivity contribution < 1.29 is 13.6 Å². The van der Waals surface area contributed by atoms with E-state index in [0.29, 0.717) is 6.54 Å². The van der Waals surface area contributed by atoms with Crippen molar-refractivity contribution in [3.63, 3.8) is 0 Å². The fourth-order valence-corrected chi connectivity index (χ4v) is 1.93.